The van der Waals surface area contributed by atoms with E-state index in [0.717, 1.165) is 16.8 Å². The van der Waals surface area contributed by atoms with E-state index in [1.54, 1.807) is 9.58 Å². The maximum Gasteiger partial charge on any atom is 0.264 e. The number of rotatable bonds is 3. The molecule has 0 N–H and O–H groups in total. The van der Waals surface area contributed by atoms with E-state index in [4.69, 9.17) is 4.74 Å². The molecule has 1 saturated heterocycles. The lowest BCUT2D eigenvalue weighted by Gasteiger charge is -2.31. The van der Waals surface area contributed by atoms with Crippen LogP contribution in [0.5, 0.6) is 0 Å². The van der Waals surface area contributed by atoms with E-state index in [2.05, 4.69) is 16.1 Å². The Morgan fingerprint density at radius 1 is 1.25 bits per heavy atom. The van der Waals surface area contributed by atoms with Crippen LogP contribution in [0.15, 0.2) is 35.5 Å². The monoisotopic (exact) mass is 381 g/mol. The Morgan fingerprint density at radius 2 is 2.00 bits per heavy atom. The molecule has 0 saturated carbocycles. The summed E-state index contributed by atoms with van der Waals surface area (Å²) in [5, 5.41) is 4.75. The molecule has 3 aromatic rings. The molecule has 3 heterocycles. The zero-order valence-electron chi connectivity index (χ0n) is 16.3. The highest BCUT2D eigenvalue weighted by Gasteiger charge is 2.22. The first-order valence-corrected chi connectivity index (χ1v) is 9.33. The Labute approximate surface area is 162 Å². The number of benzene rings is 1. The molecule has 1 amide bonds. The lowest BCUT2D eigenvalue weighted by atomic mass is 10.1. The molecule has 1 atom stereocenters. The Kier molecular flexibility index (Phi) is 4.72. The Balaban J connectivity index is 1.65. The highest BCUT2D eigenvalue weighted by atomic mass is 16.5. The molecule has 0 radical (unpaired) electrons. The number of hydrogen-bond acceptors (Lipinski definition) is 5. The van der Waals surface area contributed by atoms with Crippen molar-refractivity contribution < 1.29 is 9.53 Å². The summed E-state index contributed by atoms with van der Waals surface area (Å²) in [4.78, 5) is 31.6. The number of morpholine rings is 1. The minimum Gasteiger partial charge on any atom is -0.375 e. The molecule has 1 fully saturated rings. The van der Waals surface area contributed by atoms with Crippen LogP contribution < -0.4 is 5.56 Å². The standard InChI is InChI=1S/C20H23N5O3/c1-13-6-14(2)8-16(7-13)25-19-17(9-22-25)20(27)24(12-21-19)11-18(26)23-4-5-28-15(3)10-23/h6-9,12,15H,4-5,10-11H2,1-3H3. The average molecular weight is 381 g/mol. The van der Waals surface area contributed by atoms with Gasteiger partial charge in [0.25, 0.3) is 5.56 Å². The maximum absolute atomic E-state index is 12.9. The van der Waals surface area contributed by atoms with Gasteiger partial charge in [-0.3, -0.25) is 14.2 Å². The van der Waals surface area contributed by atoms with Crippen molar-refractivity contribution in [1.82, 2.24) is 24.2 Å². The summed E-state index contributed by atoms with van der Waals surface area (Å²) in [7, 11) is 0. The second-order valence-corrected chi connectivity index (χ2v) is 7.34. The smallest absolute Gasteiger partial charge is 0.264 e. The Hall–Kier alpha value is -3.00. The molecular formula is C20H23N5O3. The molecule has 0 bridgehead atoms. The molecule has 1 unspecified atom stereocenters. The lowest BCUT2D eigenvalue weighted by Crippen LogP contribution is -2.46. The van der Waals surface area contributed by atoms with Crippen molar-refractivity contribution in [3.05, 3.63) is 52.2 Å². The molecule has 1 aliphatic heterocycles. The molecule has 1 aromatic carbocycles. The Morgan fingerprint density at radius 3 is 2.71 bits per heavy atom. The van der Waals surface area contributed by atoms with Crippen LogP contribution in [0.4, 0.5) is 0 Å². The largest absolute Gasteiger partial charge is 0.375 e. The molecule has 1 aliphatic rings. The van der Waals surface area contributed by atoms with Crippen molar-refractivity contribution in [3.63, 3.8) is 0 Å². The maximum atomic E-state index is 12.9. The van der Waals surface area contributed by atoms with Gasteiger partial charge in [-0.15, -0.1) is 0 Å². The number of hydrogen-bond donors (Lipinski definition) is 0. The minimum absolute atomic E-state index is 0.00560. The topological polar surface area (TPSA) is 82.2 Å². The second kappa shape index (κ2) is 7.20. The number of nitrogens with zero attached hydrogens (tertiary/aromatic N) is 5. The third kappa shape index (κ3) is 3.43. The predicted octanol–water partition coefficient (Wildman–Crippen LogP) is 1.45. The van der Waals surface area contributed by atoms with E-state index in [-0.39, 0.29) is 24.1 Å². The first-order valence-electron chi connectivity index (χ1n) is 9.33. The van der Waals surface area contributed by atoms with Crippen LogP contribution in [-0.2, 0) is 16.1 Å². The summed E-state index contributed by atoms with van der Waals surface area (Å²) < 4.78 is 8.47. The number of aryl methyl sites for hydroxylation is 2. The van der Waals surface area contributed by atoms with Gasteiger partial charge in [-0.2, -0.15) is 5.10 Å². The summed E-state index contributed by atoms with van der Waals surface area (Å²) in [6.45, 7) is 7.51. The fourth-order valence-electron chi connectivity index (χ4n) is 3.61. The van der Waals surface area contributed by atoms with Gasteiger partial charge in [-0.1, -0.05) is 6.07 Å². The molecule has 146 valence electrons. The number of fused-ring (bicyclic) bond motifs is 1. The number of carbonyl (C=O) groups is 1. The molecule has 4 rings (SSSR count). The van der Waals surface area contributed by atoms with E-state index in [1.165, 1.54) is 17.1 Å². The van der Waals surface area contributed by atoms with Crippen molar-refractivity contribution in [1.29, 1.82) is 0 Å². The van der Waals surface area contributed by atoms with E-state index in [0.29, 0.717) is 30.7 Å². The van der Waals surface area contributed by atoms with Crippen molar-refractivity contribution in [2.45, 2.75) is 33.4 Å². The summed E-state index contributed by atoms with van der Waals surface area (Å²) in [6, 6.07) is 6.07. The summed E-state index contributed by atoms with van der Waals surface area (Å²) in [5.74, 6) is -0.111. The van der Waals surface area contributed by atoms with Crippen LogP contribution in [0.1, 0.15) is 18.1 Å². The van der Waals surface area contributed by atoms with Crippen LogP contribution in [0.25, 0.3) is 16.7 Å². The van der Waals surface area contributed by atoms with Crippen LogP contribution in [0.2, 0.25) is 0 Å². The van der Waals surface area contributed by atoms with Crippen LogP contribution >= 0.6 is 0 Å². The van der Waals surface area contributed by atoms with Gasteiger partial charge in [0.2, 0.25) is 5.91 Å². The number of ether oxygens (including phenoxy) is 1. The molecule has 8 nitrogen and oxygen atoms in total. The summed E-state index contributed by atoms with van der Waals surface area (Å²) in [6.07, 6.45) is 2.94. The van der Waals surface area contributed by atoms with E-state index in [1.807, 2.05) is 32.9 Å². The quantitative estimate of drug-likeness (QED) is 0.686. The summed E-state index contributed by atoms with van der Waals surface area (Å²) in [5.41, 5.74) is 3.29. The highest BCUT2D eigenvalue weighted by Crippen LogP contribution is 2.17. The van der Waals surface area contributed by atoms with Crippen molar-refractivity contribution >= 4 is 16.9 Å². The zero-order chi connectivity index (χ0) is 19.8. The number of aromatic nitrogens is 4. The van der Waals surface area contributed by atoms with Crippen molar-refractivity contribution in [2.75, 3.05) is 19.7 Å². The van der Waals surface area contributed by atoms with Gasteiger partial charge in [-0.05, 0) is 44.0 Å². The highest BCUT2D eigenvalue weighted by molar-refractivity contribution is 5.78. The van der Waals surface area contributed by atoms with Crippen LogP contribution in [0.3, 0.4) is 0 Å². The molecule has 0 aliphatic carbocycles. The summed E-state index contributed by atoms with van der Waals surface area (Å²) >= 11 is 0. The van der Waals surface area contributed by atoms with E-state index >= 15 is 0 Å². The Bertz CT molecular complexity index is 1080. The van der Waals surface area contributed by atoms with Crippen molar-refractivity contribution in [3.8, 4) is 5.69 Å². The lowest BCUT2D eigenvalue weighted by molar-refractivity contribution is -0.138. The van der Waals surface area contributed by atoms with Gasteiger partial charge in [0, 0.05) is 13.1 Å². The van der Waals surface area contributed by atoms with Crippen LogP contribution in [-0.4, -0.2) is 55.9 Å². The van der Waals surface area contributed by atoms with Gasteiger partial charge in [0.05, 0.1) is 24.6 Å². The van der Waals surface area contributed by atoms with Gasteiger partial charge in [0.1, 0.15) is 18.3 Å². The number of carbonyl (C=O) groups excluding carboxylic acids is 1. The molecular weight excluding hydrogens is 358 g/mol. The van der Waals surface area contributed by atoms with Gasteiger partial charge < -0.3 is 9.64 Å². The first kappa shape index (κ1) is 18.4. The fraction of sp³-hybridized carbons (Fsp3) is 0.400. The fourth-order valence-corrected chi connectivity index (χ4v) is 3.61. The molecule has 2 aromatic heterocycles. The third-order valence-corrected chi connectivity index (χ3v) is 4.90. The zero-order valence-corrected chi connectivity index (χ0v) is 16.3. The molecule has 28 heavy (non-hydrogen) atoms. The predicted molar refractivity (Wildman–Crippen MR) is 105 cm³/mol. The third-order valence-electron chi connectivity index (χ3n) is 4.90. The van der Waals surface area contributed by atoms with Gasteiger partial charge in [0.15, 0.2) is 5.65 Å². The SMILES string of the molecule is Cc1cc(C)cc(-n2ncc3c(=O)n(CC(=O)N4CCOC(C)C4)cnc32)c1. The minimum atomic E-state index is -0.268. The second-order valence-electron chi connectivity index (χ2n) is 7.34. The molecule has 8 heteroatoms. The van der Waals surface area contributed by atoms with E-state index in [9.17, 15) is 9.59 Å². The normalized spacial score (nSPS) is 17.2. The van der Waals surface area contributed by atoms with Crippen molar-refractivity contribution in [2.24, 2.45) is 0 Å². The van der Waals surface area contributed by atoms with Gasteiger partial charge in [-0.25, -0.2) is 9.67 Å². The van der Waals surface area contributed by atoms with E-state index < -0.39 is 0 Å². The first-order chi connectivity index (χ1) is 13.4. The molecule has 0 spiro atoms. The number of amides is 1. The van der Waals surface area contributed by atoms with Gasteiger partial charge >= 0.3 is 0 Å². The average Bonchev–Trinajstić information content (AvgIpc) is 3.08. The van der Waals surface area contributed by atoms with Crippen LogP contribution in [0, 0.1) is 13.8 Å².